The molecule has 0 aliphatic rings. The number of rotatable bonds is 8. The summed E-state index contributed by atoms with van der Waals surface area (Å²) >= 11 is 1.59. The molecule has 4 rings (SSSR count). The third kappa shape index (κ3) is 5.01. The van der Waals surface area contributed by atoms with Gasteiger partial charge in [0, 0.05) is 12.2 Å². The van der Waals surface area contributed by atoms with Crippen LogP contribution in [0.25, 0.3) is 10.2 Å². The molecule has 4 aromatic rings. The molecule has 7 nitrogen and oxygen atoms in total. The molecule has 0 radical (unpaired) electrons. The largest absolute Gasteiger partial charge is 0.461 e. The zero-order chi connectivity index (χ0) is 20.9. The molecule has 2 N–H and O–H groups in total. The lowest BCUT2D eigenvalue weighted by Gasteiger charge is -2.15. The molecule has 0 fully saturated rings. The van der Waals surface area contributed by atoms with E-state index in [1.54, 1.807) is 11.3 Å². The third-order valence-corrected chi connectivity index (χ3v) is 5.27. The highest BCUT2D eigenvalue weighted by atomic mass is 32.1. The van der Waals surface area contributed by atoms with Crippen LogP contribution in [0.1, 0.15) is 32.3 Å². The number of hydrogen-bond acceptors (Lipinski definition) is 8. The highest BCUT2D eigenvalue weighted by Gasteiger charge is 2.12. The van der Waals surface area contributed by atoms with Crippen LogP contribution in [0.2, 0.25) is 0 Å². The normalized spacial score (nSPS) is 12.1. The van der Waals surface area contributed by atoms with Gasteiger partial charge in [0.1, 0.15) is 0 Å². The molecule has 8 heteroatoms. The fourth-order valence-electron chi connectivity index (χ4n) is 2.96. The summed E-state index contributed by atoms with van der Waals surface area (Å²) in [5, 5.41) is 6.57. The molecular formula is C22H24N6OS. The fourth-order valence-corrected chi connectivity index (χ4v) is 3.68. The zero-order valence-electron chi connectivity index (χ0n) is 17.2. The number of thiazole rings is 1. The molecule has 0 spiro atoms. The van der Waals surface area contributed by atoms with Gasteiger partial charge in [-0.25, -0.2) is 4.98 Å². The average molecular weight is 421 g/mol. The smallest absolute Gasteiger partial charge is 0.323 e. The van der Waals surface area contributed by atoms with Gasteiger partial charge in [-0.1, -0.05) is 37.3 Å². The summed E-state index contributed by atoms with van der Waals surface area (Å²) in [7, 11) is 0. The van der Waals surface area contributed by atoms with Crippen LogP contribution >= 0.6 is 11.3 Å². The maximum absolute atomic E-state index is 5.73. The Morgan fingerprint density at radius 3 is 2.57 bits per heavy atom. The van der Waals surface area contributed by atoms with E-state index in [4.69, 9.17) is 4.74 Å². The van der Waals surface area contributed by atoms with Crippen molar-refractivity contribution >= 4 is 39.1 Å². The van der Waals surface area contributed by atoms with Gasteiger partial charge in [0.05, 0.1) is 21.8 Å². The Kier molecular flexibility index (Phi) is 6.04. The molecule has 0 aliphatic heterocycles. The Morgan fingerprint density at radius 2 is 1.77 bits per heavy atom. The summed E-state index contributed by atoms with van der Waals surface area (Å²) < 4.78 is 6.83. The summed E-state index contributed by atoms with van der Waals surface area (Å²) in [5.41, 5.74) is 4.95. The van der Waals surface area contributed by atoms with Crippen LogP contribution in [0, 0.1) is 0 Å². The van der Waals surface area contributed by atoms with Crippen molar-refractivity contribution < 1.29 is 4.74 Å². The molecule has 2 aromatic heterocycles. The second-order valence-corrected chi connectivity index (χ2v) is 8.17. The molecule has 2 aromatic carbocycles. The van der Waals surface area contributed by atoms with Crippen LogP contribution < -0.4 is 15.4 Å². The first-order valence-electron chi connectivity index (χ1n) is 9.88. The molecule has 0 bridgehead atoms. The van der Waals surface area contributed by atoms with Crippen molar-refractivity contribution in [3.63, 3.8) is 0 Å². The van der Waals surface area contributed by atoms with E-state index in [2.05, 4.69) is 49.6 Å². The Labute approximate surface area is 179 Å². The summed E-state index contributed by atoms with van der Waals surface area (Å²) in [6.07, 6.45) is -0.0371. The van der Waals surface area contributed by atoms with Crippen molar-refractivity contribution in [2.24, 2.45) is 0 Å². The zero-order valence-corrected chi connectivity index (χ0v) is 18.0. The van der Waals surface area contributed by atoms with Crippen LogP contribution in [0.3, 0.4) is 0 Å². The Bertz CT molecular complexity index is 1120. The summed E-state index contributed by atoms with van der Waals surface area (Å²) in [6.45, 7) is 6.75. The topological polar surface area (TPSA) is 84.9 Å². The standard InChI is InChI=1S/C22H24N6OS/c1-14(2)29-22-27-20(23-12-15(3)16-7-5-4-6-8-16)26-21(28-22)25-17-9-10-18-19(11-17)30-13-24-18/h4-11,13-15H,12H2,1-3H3,(H2,23,25,26,27,28). The van der Waals surface area contributed by atoms with Gasteiger partial charge >= 0.3 is 6.01 Å². The van der Waals surface area contributed by atoms with Crippen molar-refractivity contribution in [1.82, 2.24) is 19.9 Å². The second-order valence-electron chi connectivity index (χ2n) is 7.28. The molecule has 0 saturated carbocycles. The third-order valence-electron chi connectivity index (χ3n) is 4.48. The number of anilines is 3. The number of ether oxygens (including phenoxy) is 1. The minimum absolute atomic E-state index is 0.0371. The number of fused-ring (bicyclic) bond motifs is 1. The minimum Gasteiger partial charge on any atom is -0.461 e. The van der Waals surface area contributed by atoms with Crippen molar-refractivity contribution in [3.8, 4) is 6.01 Å². The first-order valence-corrected chi connectivity index (χ1v) is 10.8. The lowest BCUT2D eigenvalue weighted by atomic mass is 10.0. The lowest BCUT2D eigenvalue weighted by molar-refractivity contribution is 0.222. The fraction of sp³-hybridized carbons (Fsp3) is 0.273. The molecular weight excluding hydrogens is 396 g/mol. The van der Waals surface area contributed by atoms with Gasteiger partial charge in [-0.3, -0.25) is 0 Å². The van der Waals surface area contributed by atoms with Crippen LogP contribution in [-0.4, -0.2) is 32.6 Å². The Balaban J connectivity index is 1.53. The van der Waals surface area contributed by atoms with E-state index < -0.39 is 0 Å². The number of nitrogens with one attached hydrogen (secondary N) is 2. The molecule has 0 saturated heterocycles. The first kappa shape index (κ1) is 20.0. The molecule has 0 aliphatic carbocycles. The highest BCUT2D eigenvalue weighted by molar-refractivity contribution is 7.16. The second kappa shape index (κ2) is 9.04. The average Bonchev–Trinajstić information content (AvgIpc) is 3.20. The maximum atomic E-state index is 5.73. The number of hydrogen-bond donors (Lipinski definition) is 2. The molecule has 30 heavy (non-hydrogen) atoms. The number of nitrogens with zero attached hydrogens (tertiary/aromatic N) is 4. The van der Waals surface area contributed by atoms with Gasteiger partial charge in [-0.15, -0.1) is 11.3 Å². The lowest BCUT2D eigenvalue weighted by Crippen LogP contribution is -2.15. The van der Waals surface area contributed by atoms with E-state index in [1.165, 1.54) is 5.56 Å². The quantitative estimate of drug-likeness (QED) is 0.404. The molecule has 1 unspecified atom stereocenters. The van der Waals surface area contributed by atoms with Gasteiger partial charge in [-0.2, -0.15) is 15.0 Å². The Hall–Kier alpha value is -3.26. The van der Waals surface area contributed by atoms with Gasteiger partial charge in [0.2, 0.25) is 11.9 Å². The van der Waals surface area contributed by atoms with Gasteiger partial charge in [0.25, 0.3) is 0 Å². The number of benzene rings is 2. The van der Waals surface area contributed by atoms with Gasteiger partial charge < -0.3 is 15.4 Å². The summed E-state index contributed by atoms with van der Waals surface area (Å²) in [4.78, 5) is 17.7. The monoisotopic (exact) mass is 420 g/mol. The van der Waals surface area contributed by atoms with Gasteiger partial charge in [0.15, 0.2) is 0 Å². The van der Waals surface area contributed by atoms with Crippen LogP contribution in [0.15, 0.2) is 54.0 Å². The van der Waals surface area contributed by atoms with Crippen molar-refractivity contribution in [2.75, 3.05) is 17.2 Å². The van der Waals surface area contributed by atoms with Crippen molar-refractivity contribution in [1.29, 1.82) is 0 Å². The van der Waals surface area contributed by atoms with Gasteiger partial charge in [-0.05, 0) is 43.5 Å². The highest BCUT2D eigenvalue weighted by Crippen LogP contribution is 2.24. The van der Waals surface area contributed by atoms with Crippen molar-refractivity contribution in [3.05, 3.63) is 59.6 Å². The van der Waals surface area contributed by atoms with E-state index in [9.17, 15) is 0 Å². The summed E-state index contributed by atoms with van der Waals surface area (Å²) in [6, 6.07) is 16.6. The van der Waals surface area contributed by atoms with Crippen LogP contribution in [0.4, 0.5) is 17.6 Å². The van der Waals surface area contributed by atoms with E-state index in [0.717, 1.165) is 15.9 Å². The molecule has 1 atom stereocenters. The van der Waals surface area contributed by atoms with E-state index in [0.29, 0.717) is 24.4 Å². The molecule has 2 heterocycles. The van der Waals surface area contributed by atoms with Crippen molar-refractivity contribution in [2.45, 2.75) is 32.8 Å². The first-order chi connectivity index (χ1) is 14.6. The van der Waals surface area contributed by atoms with Crippen LogP contribution in [0.5, 0.6) is 6.01 Å². The van der Waals surface area contributed by atoms with E-state index >= 15 is 0 Å². The van der Waals surface area contributed by atoms with E-state index in [-0.39, 0.29) is 12.1 Å². The van der Waals surface area contributed by atoms with Crippen LogP contribution in [-0.2, 0) is 0 Å². The predicted molar refractivity (Wildman–Crippen MR) is 122 cm³/mol. The Morgan fingerprint density at radius 1 is 0.967 bits per heavy atom. The molecule has 154 valence electrons. The minimum atomic E-state index is -0.0371. The van der Waals surface area contributed by atoms with E-state index in [1.807, 2.05) is 55.8 Å². The molecule has 0 amide bonds. The number of aromatic nitrogens is 4. The maximum Gasteiger partial charge on any atom is 0.323 e. The SMILES string of the molecule is CC(C)Oc1nc(NCC(C)c2ccccc2)nc(Nc2ccc3ncsc3c2)n1. The summed E-state index contributed by atoms with van der Waals surface area (Å²) in [5.74, 6) is 1.21. The predicted octanol–water partition coefficient (Wildman–Crippen LogP) is 5.23.